The van der Waals surface area contributed by atoms with E-state index >= 15 is 0 Å². The van der Waals surface area contributed by atoms with Crippen LogP contribution in [-0.4, -0.2) is 63.3 Å². The number of aromatic nitrogens is 3. The number of rotatable bonds is 4. The third kappa shape index (κ3) is 3.55. The normalized spacial score (nSPS) is 17.8. The van der Waals surface area contributed by atoms with E-state index in [1.165, 1.54) is 16.9 Å². The Balaban J connectivity index is 1.55. The highest BCUT2D eigenvalue weighted by molar-refractivity contribution is 7.14. The van der Waals surface area contributed by atoms with Crippen LogP contribution in [0.1, 0.15) is 28.0 Å². The number of carbonyl (C=O) groups excluding carboxylic acids is 1. The van der Waals surface area contributed by atoms with E-state index in [4.69, 9.17) is 4.74 Å². The van der Waals surface area contributed by atoms with Crippen LogP contribution >= 0.6 is 11.3 Å². The van der Waals surface area contributed by atoms with E-state index < -0.39 is 28.7 Å². The molecule has 1 fully saturated rings. The molecule has 172 valence electrons. The predicted octanol–water partition coefficient (Wildman–Crippen LogP) is 1.71. The number of aromatic hydroxyl groups is 1. The highest BCUT2D eigenvalue weighted by Crippen LogP contribution is 2.30. The number of morpholine rings is 1. The lowest BCUT2D eigenvalue weighted by atomic mass is 10.1. The Morgan fingerprint density at radius 1 is 1.27 bits per heavy atom. The predicted molar refractivity (Wildman–Crippen MR) is 115 cm³/mol. The van der Waals surface area contributed by atoms with Gasteiger partial charge in [0.15, 0.2) is 16.5 Å². The average molecular weight is 475 g/mol. The van der Waals surface area contributed by atoms with E-state index in [2.05, 4.69) is 10.2 Å². The van der Waals surface area contributed by atoms with E-state index in [0.717, 1.165) is 23.5 Å². The van der Waals surface area contributed by atoms with Crippen molar-refractivity contribution in [3.05, 3.63) is 62.5 Å². The molecule has 1 atom stereocenters. The zero-order valence-corrected chi connectivity index (χ0v) is 18.3. The van der Waals surface area contributed by atoms with Gasteiger partial charge >= 0.3 is 0 Å². The summed E-state index contributed by atoms with van der Waals surface area (Å²) in [6, 6.07) is 3.28. The summed E-state index contributed by atoms with van der Waals surface area (Å²) in [5.74, 6) is -2.50. The zero-order chi connectivity index (χ0) is 23.3. The molecule has 0 bridgehead atoms. The van der Waals surface area contributed by atoms with Crippen molar-refractivity contribution < 1.29 is 23.4 Å². The Labute approximate surface area is 190 Å². The van der Waals surface area contributed by atoms with E-state index in [1.54, 1.807) is 4.90 Å². The van der Waals surface area contributed by atoms with Crippen LogP contribution in [0.25, 0.3) is 10.6 Å². The van der Waals surface area contributed by atoms with Gasteiger partial charge in [-0.1, -0.05) is 17.4 Å². The Hall–Kier alpha value is -3.38. The fourth-order valence-corrected chi connectivity index (χ4v) is 4.98. The molecule has 1 amide bonds. The first-order valence-corrected chi connectivity index (χ1v) is 11.1. The molecule has 0 aliphatic carbocycles. The summed E-state index contributed by atoms with van der Waals surface area (Å²) in [6.07, 6.45) is 1.17. The van der Waals surface area contributed by atoms with Gasteiger partial charge in [0.05, 0.1) is 25.3 Å². The summed E-state index contributed by atoms with van der Waals surface area (Å²) in [5.41, 5.74) is -0.539. The maximum Gasteiger partial charge on any atom is 0.278 e. The minimum absolute atomic E-state index is 0.0670. The molecule has 5 rings (SSSR count). The largest absolute Gasteiger partial charge is 0.502 e. The SMILES string of the molecule is CCN1C(=O)c2c(O)c(=O)c(-c3nnc(Cc4ccc(F)cc4F)s3)cn2N2CCOC[C@H]12. The monoisotopic (exact) mass is 475 g/mol. The molecule has 2 aliphatic heterocycles. The molecule has 0 unspecified atom stereocenters. The first-order valence-electron chi connectivity index (χ1n) is 10.3. The molecular formula is C21H19F2N5O4S. The number of nitrogens with zero attached hydrogens (tertiary/aromatic N) is 5. The van der Waals surface area contributed by atoms with E-state index in [9.17, 15) is 23.5 Å². The first-order chi connectivity index (χ1) is 15.9. The zero-order valence-electron chi connectivity index (χ0n) is 17.5. The van der Waals surface area contributed by atoms with E-state index in [1.807, 2.05) is 11.9 Å². The molecule has 3 aromatic rings. The molecule has 1 aromatic carbocycles. The molecule has 33 heavy (non-hydrogen) atoms. The summed E-state index contributed by atoms with van der Waals surface area (Å²) in [7, 11) is 0. The molecule has 2 aromatic heterocycles. The number of pyridine rings is 1. The molecule has 4 heterocycles. The number of halogens is 2. The second-order valence-electron chi connectivity index (χ2n) is 7.64. The molecule has 0 saturated carbocycles. The fourth-order valence-electron chi connectivity index (χ4n) is 4.11. The first kappa shape index (κ1) is 21.5. The number of carbonyl (C=O) groups is 1. The highest BCUT2D eigenvalue weighted by atomic mass is 32.1. The molecule has 0 radical (unpaired) electrons. The number of benzene rings is 1. The Bertz CT molecular complexity index is 1310. The summed E-state index contributed by atoms with van der Waals surface area (Å²) in [6.45, 7) is 3.38. The van der Waals surface area contributed by atoms with Gasteiger partial charge in [-0.2, -0.15) is 0 Å². The van der Waals surface area contributed by atoms with Crippen LogP contribution in [0, 0.1) is 11.6 Å². The van der Waals surface area contributed by atoms with Gasteiger partial charge < -0.3 is 14.7 Å². The fraction of sp³-hybridized carbons (Fsp3) is 0.333. The van der Waals surface area contributed by atoms with Crippen LogP contribution < -0.4 is 10.4 Å². The second kappa shape index (κ2) is 8.19. The average Bonchev–Trinajstić information content (AvgIpc) is 3.26. The number of fused-ring (bicyclic) bond motifs is 3. The number of hydrogen-bond acceptors (Lipinski definition) is 8. The van der Waals surface area contributed by atoms with Gasteiger partial charge in [0.2, 0.25) is 5.43 Å². The van der Waals surface area contributed by atoms with Crippen LogP contribution in [0.4, 0.5) is 8.78 Å². The van der Waals surface area contributed by atoms with Crippen molar-refractivity contribution in [2.45, 2.75) is 19.5 Å². The summed E-state index contributed by atoms with van der Waals surface area (Å²) in [4.78, 5) is 27.5. The highest BCUT2D eigenvalue weighted by Gasteiger charge is 2.41. The maximum absolute atomic E-state index is 14.0. The summed E-state index contributed by atoms with van der Waals surface area (Å²) in [5, 5.41) is 21.3. The maximum atomic E-state index is 14.0. The van der Waals surface area contributed by atoms with Crippen LogP contribution in [-0.2, 0) is 11.2 Å². The Kier molecular flexibility index (Phi) is 5.33. The quantitative estimate of drug-likeness (QED) is 0.613. The Morgan fingerprint density at radius 3 is 2.85 bits per heavy atom. The minimum atomic E-state index is -0.743. The van der Waals surface area contributed by atoms with Crippen LogP contribution in [0.5, 0.6) is 5.75 Å². The lowest BCUT2D eigenvalue weighted by Crippen LogP contribution is -2.65. The van der Waals surface area contributed by atoms with Gasteiger partial charge in [-0.25, -0.2) is 8.78 Å². The van der Waals surface area contributed by atoms with Crippen molar-refractivity contribution in [2.24, 2.45) is 0 Å². The lowest BCUT2D eigenvalue weighted by molar-refractivity contribution is 0.00584. The van der Waals surface area contributed by atoms with Gasteiger partial charge in [0, 0.05) is 25.2 Å². The number of amides is 1. The molecule has 1 saturated heterocycles. The number of hydrogen-bond donors (Lipinski definition) is 1. The van der Waals surface area contributed by atoms with Crippen LogP contribution in [0.2, 0.25) is 0 Å². The van der Waals surface area contributed by atoms with Crippen molar-refractivity contribution in [1.82, 2.24) is 19.8 Å². The van der Waals surface area contributed by atoms with Gasteiger partial charge in [-0.3, -0.25) is 19.3 Å². The van der Waals surface area contributed by atoms with Gasteiger partial charge in [-0.05, 0) is 18.6 Å². The summed E-state index contributed by atoms with van der Waals surface area (Å²) >= 11 is 1.06. The number of likely N-dealkylation sites (N-methyl/N-ethyl adjacent to an activating group) is 1. The third-order valence-corrected chi connectivity index (χ3v) is 6.69. The van der Waals surface area contributed by atoms with Crippen molar-refractivity contribution in [1.29, 1.82) is 0 Å². The third-order valence-electron chi connectivity index (χ3n) is 5.73. The van der Waals surface area contributed by atoms with Gasteiger partial charge in [-0.15, -0.1) is 10.2 Å². The molecule has 9 nitrogen and oxygen atoms in total. The Morgan fingerprint density at radius 2 is 2.09 bits per heavy atom. The standard InChI is InChI=1S/C21H19F2N5O4S/c1-2-26-16-10-32-6-5-27(16)28-9-13(18(29)19(30)17(28)21(26)31)20-25-24-15(33-20)7-11-3-4-12(22)8-14(11)23/h3-4,8-9,16,30H,2,5-7,10H2,1H3/t16-/m1/s1. The van der Waals surface area contributed by atoms with Crippen molar-refractivity contribution in [3.63, 3.8) is 0 Å². The molecule has 12 heteroatoms. The lowest BCUT2D eigenvalue weighted by Gasteiger charge is -2.48. The molecule has 2 aliphatic rings. The van der Waals surface area contributed by atoms with Crippen molar-refractivity contribution in [2.75, 3.05) is 31.3 Å². The van der Waals surface area contributed by atoms with Crippen molar-refractivity contribution in [3.8, 4) is 16.3 Å². The van der Waals surface area contributed by atoms with E-state index in [-0.39, 0.29) is 34.4 Å². The van der Waals surface area contributed by atoms with Gasteiger partial charge in [0.25, 0.3) is 5.91 Å². The van der Waals surface area contributed by atoms with E-state index in [0.29, 0.717) is 31.3 Å². The van der Waals surface area contributed by atoms with Gasteiger partial charge in [0.1, 0.15) is 22.8 Å². The molecular weight excluding hydrogens is 456 g/mol. The smallest absolute Gasteiger partial charge is 0.278 e. The van der Waals surface area contributed by atoms with Crippen LogP contribution in [0.15, 0.2) is 29.2 Å². The van der Waals surface area contributed by atoms with Crippen LogP contribution in [0.3, 0.4) is 0 Å². The molecule has 1 N–H and O–H groups in total. The molecule has 0 spiro atoms. The topological polar surface area (TPSA) is 101 Å². The number of ether oxygens (including phenoxy) is 1. The van der Waals surface area contributed by atoms with Crippen molar-refractivity contribution >= 4 is 17.2 Å². The minimum Gasteiger partial charge on any atom is -0.502 e. The summed E-state index contributed by atoms with van der Waals surface area (Å²) < 4.78 is 34.2. The second-order valence-corrected chi connectivity index (χ2v) is 8.70.